The van der Waals surface area contributed by atoms with Crippen molar-refractivity contribution >= 4 is 17.4 Å². The van der Waals surface area contributed by atoms with Crippen molar-refractivity contribution in [2.24, 2.45) is 0 Å². The maximum absolute atomic E-state index is 11.2. The number of hydrogen-bond donors (Lipinski definition) is 1. The molecule has 1 N–H and O–H groups in total. The van der Waals surface area contributed by atoms with Gasteiger partial charge in [0.15, 0.2) is 5.78 Å². The Balaban J connectivity index is 3.30. The van der Waals surface area contributed by atoms with Crippen molar-refractivity contribution in [2.45, 2.75) is 6.92 Å². The van der Waals surface area contributed by atoms with E-state index in [0.29, 0.717) is 11.1 Å². The summed E-state index contributed by atoms with van der Waals surface area (Å²) in [4.78, 5) is 11.2. The van der Waals surface area contributed by atoms with Gasteiger partial charge in [-0.25, -0.2) is 0 Å². The van der Waals surface area contributed by atoms with Gasteiger partial charge in [0.05, 0.1) is 23.1 Å². The van der Waals surface area contributed by atoms with E-state index in [0.717, 1.165) is 0 Å². The molecule has 4 heteroatoms. The topological polar surface area (TPSA) is 61.1 Å². The van der Waals surface area contributed by atoms with Gasteiger partial charge in [-0.1, -0.05) is 0 Å². The summed E-state index contributed by atoms with van der Waals surface area (Å²) >= 11 is 5.36. The molecule has 0 aliphatic rings. The fourth-order valence-electron chi connectivity index (χ4n) is 1.11. The van der Waals surface area contributed by atoms with Crippen LogP contribution in [0.4, 0.5) is 0 Å². The normalized spacial score (nSPS) is 9.50. The number of rotatable bonds is 2. The molecule has 0 aromatic heterocycles. The van der Waals surface area contributed by atoms with Crippen LogP contribution in [-0.2, 0) is 0 Å². The number of benzene rings is 1. The first-order valence-electron chi connectivity index (χ1n) is 3.93. The summed E-state index contributed by atoms with van der Waals surface area (Å²) in [5.41, 5.74) is 1.17. The zero-order chi connectivity index (χ0) is 10.7. The van der Waals surface area contributed by atoms with Gasteiger partial charge in [0.1, 0.15) is 5.75 Å². The number of nitrogens with zero attached hydrogens (tertiary/aromatic N) is 1. The van der Waals surface area contributed by atoms with Gasteiger partial charge < -0.3 is 5.11 Å². The molecule has 0 amide bonds. The molecule has 72 valence electrons. The molecule has 0 fully saturated rings. The molecule has 0 atom stereocenters. The number of Topliss-reactive ketones (excluding diaryl/α,β-unsaturated/α-hetero) is 1. The van der Waals surface area contributed by atoms with E-state index in [-0.39, 0.29) is 23.0 Å². The minimum absolute atomic E-state index is 0.163. The molecule has 3 nitrogen and oxygen atoms in total. The lowest BCUT2D eigenvalue weighted by Crippen LogP contribution is -2.02. The quantitative estimate of drug-likeness (QED) is 0.599. The molecule has 1 rings (SSSR count). The number of ketones is 1. The van der Waals surface area contributed by atoms with Crippen LogP contribution in [0.25, 0.3) is 0 Å². The third-order valence-electron chi connectivity index (χ3n) is 1.88. The van der Waals surface area contributed by atoms with E-state index in [1.165, 1.54) is 12.1 Å². The highest BCUT2D eigenvalue weighted by molar-refractivity contribution is 6.30. The molecule has 1 aromatic carbocycles. The Bertz CT molecular complexity index is 421. The Morgan fingerprint density at radius 2 is 2.29 bits per heavy atom. The van der Waals surface area contributed by atoms with Crippen molar-refractivity contribution in [1.29, 1.82) is 5.26 Å². The predicted molar refractivity (Wildman–Crippen MR) is 52.6 cm³/mol. The van der Waals surface area contributed by atoms with Gasteiger partial charge >= 0.3 is 0 Å². The smallest absolute Gasteiger partial charge is 0.181 e. The van der Waals surface area contributed by atoms with Crippen LogP contribution in [0.5, 0.6) is 5.75 Å². The minimum atomic E-state index is -0.350. The number of phenols is 1. The van der Waals surface area contributed by atoms with Gasteiger partial charge in [-0.05, 0) is 24.6 Å². The molecule has 0 heterocycles. The summed E-state index contributed by atoms with van der Waals surface area (Å²) in [7, 11) is 0. The largest absolute Gasteiger partial charge is 0.507 e. The van der Waals surface area contributed by atoms with Gasteiger partial charge in [0, 0.05) is 0 Å². The first-order chi connectivity index (χ1) is 6.60. The minimum Gasteiger partial charge on any atom is -0.507 e. The van der Waals surface area contributed by atoms with Crippen LogP contribution in [0, 0.1) is 18.3 Å². The van der Waals surface area contributed by atoms with Gasteiger partial charge in [-0.3, -0.25) is 4.79 Å². The Morgan fingerprint density at radius 1 is 1.64 bits per heavy atom. The number of halogens is 1. The average Bonchev–Trinajstić information content (AvgIpc) is 2.19. The molecule has 0 saturated carbocycles. The third kappa shape index (κ3) is 1.86. The van der Waals surface area contributed by atoms with Crippen LogP contribution in [0.1, 0.15) is 21.5 Å². The van der Waals surface area contributed by atoms with Crippen molar-refractivity contribution in [3.8, 4) is 11.8 Å². The second kappa shape index (κ2) is 4.12. The van der Waals surface area contributed by atoms with Crippen LogP contribution in [-0.4, -0.2) is 16.8 Å². The lowest BCUT2D eigenvalue weighted by Gasteiger charge is -2.04. The highest BCUT2D eigenvalue weighted by Gasteiger charge is 2.12. The second-order valence-corrected chi connectivity index (χ2v) is 3.12. The van der Waals surface area contributed by atoms with Gasteiger partial charge in [0.25, 0.3) is 0 Å². The standard InChI is InChI=1S/C10H8ClNO2/c1-6-2-8(10(14)4-11)9(13)3-7(6)5-12/h2-3,13H,4H2,1H3. The zero-order valence-electron chi connectivity index (χ0n) is 7.54. The first-order valence-corrected chi connectivity index (χ1v) is 4.46. The molecule has 0 bridgehead atoms. The summed E-state index contributed by atoms with van der Waals surface area (Å²) < 4.78 is 0. The van der Waals surface area contributed by atoms with E-state index in [4.69, 9.17) is 16.9 Å². The van der Waals surface area contributed by atoms with Crippen LogP contribution < -0.4 is 0 Å². The summed E-state index contributed by atoms with van der Waals surface area (Å²) in [5, 5.41) is 18.1. The maximum atomic E-state index is 11.2. The average molecular weight is 210 g/mol. The number of carbonyl (C=O) groups is 1. The predicted octanol–water partition coefficient (Wildman–Crippen LogP) is 1.99. The van der Waals surface area contributed by atoms with Crippen LogP contribution in [0.3, 0.4) is 0 Å². The van der Waals surface area contributed by atoms with Gasteiger partial charge in [-0.15, -0.1) is 11.6 Å². The zero-order valence-corrected chi connectivity index (χ0v) is 8.30. The van der Waals surface area contributed by atoms with Gasteiger partial charge in [-0.2, -0.15) is 5.26 Å². The lowest BCUT2D eigenvalue weighted by atomic mass is 10.0. The third-order valence-corrected chi connectivity index (χ3v) is 2.13. The van der Waals surface area contributed by atoms with Crippen LogP contribution in [0.2, 0.25) is 0 Å². The molecule has 0 unspecified atom stereocenters. The molecule has 0 spiro atoms. The highest BCUT2D eigenvalue weighted by atomic mass is 35.5. The fraction of sp³-hybridized carbons (Fsp3) is 0.200. The van der Waals surface area contributed by atoms with E-state index in [1.807, 2.05) is 6.07 Å². The van der Waals surface area contributed by atoms with Crippen molar-refractivity contribution in [3.63, 3.8) is 0 Å². The SMILES string of the molecule is Cc1cc(C(=O)CCl)c(O)cc1C#N. The number of phenolic OH excluding ortho intramolecular Hbond substituents is 1. The Kier molecular flexibility index (Phi) is 3.10. The van der Waals surface area contributed by atoms with E-state index >= 15 is 0 Å². The number of nitriles is 1. The second-order valence-electron chi connectivity index (χ2n) is 2.85. The monoisotopic (exact) mass is 209 g/mol. The molecule has 0 aliphatic heterocycles. The number of alkyl halides is 1. The molecule has 1 aromatic rings. The Morgan fingerprint density at radius 3 is 2.79 bits per heavy atom. The maximum Gasteiger partial charge on any atom is 0.181 e. The lowest BCUT2D eigenvalue weighted by molar-refractivity contribution is 0.101. The van der Waals surface area contributed by atoms with Gasteiger partial charge in [0.2, 0.25) is 0 Å². The summed E-state index contributed by atoms with van der Waals surface area (Å²) in [6.07, 6.45) is 0. The number of hydrogen-bond acceptors (Lipinski definition) is 3. The highest BCUT2D eigenvalue weighted by Crippen LogP contribution is 2.22. The summed E-state index contributed by atoms with van der Waals surface area (Å²) in [6.45, 7) is 1.70. The summed E-state index contributed by atoms with van der Waals surface area (Å²) in [6, 6.07) is 4.66. The first kappa shape index (κ1) is 10.6. The van der Waals surface area contributed by atoms with Crippen molar-refractivity contribution in [2.75, 3.05) is 5.88 Å². The fourth-order valence-corrected chi connectivity index (χ4v) is 1.26. The van der Waals surface area contributed by atoms with Crippen molar-refractivity contribution < 1.29 is 9.90 Å². The van der Waals surface area contributed by atoms with E-state index in [1.54, 1.807) is 6.92 Å². The molecule has 0 radical (unpaired) electrons. The number of aryl methyl sites for hydroxylation is 1. The number of aromatic hydroxyl groups is 1. The van der Waals surface area contributed by atoms with Crippen LogP contribution >= 0.6 is 11.6 Å². The molecule has 0 aliphatic carbocycles. The molecule has 0 saturated heterocycles. The van der Waals surface area contributed by atoms with E-state index < -0.39 is 0 Å². The summed E-state index contributed by atoms with van der Waals surface area (Å²) in [5.74, 6) is -0.728. The molecular weight excluding hydrogens is 202 g/mol. The molecule has 14 heavy (non-hydrogen) atoms. The Labute approximate surface area is 86.5 Å². The van der Waals surface area contributed by atoms with E-state index in [9.17, 15) is 9.90 Å². The van der Waals surface area contributed by atoms with Crippen molar-refractivity contribution in [1.82, 2.24) is 0 Å². The van der Waals surface area contributed by atoms with E-state index in [2.05, 4.69) is 0 Å². The molecular formula is C10H8ClNO2. The van der Waals surface area contributed by atoms with Crippen LogP contribution in [0.15, 0.2) is 12.1 Å². The number of carbonyl (C=O) groups excluding carboxylic acids is 1. The van der Waals surface area contributed by atoms with Crippen molar-refractivity contribution in [3.05, 3.63) is 28.8 Å². The Hall–Kier alpha value is -1.53.